The molecule has 0 bridgehead atoms. The Hall–Kier alpha value is -1.75. The summed E-state index contributed by atoms with van der Waals surface area (Å²) in [4.78, 5) is 11.6. The summed E-state index contributed by atoms with van der Waals surface area (Å²) >= 11 is 0. The van der Waals surface area contributed by atoms with Gasteiger partial charge in [0, 0.05) is 13.2 Å². The van der Waals surface area contributed by atoms with Crippen molar-refractivity contribution in [2.75, 3.05) is 26.1 Å². The van der Waals surface area contributed by atoms with Crippen molar-refractivity contribution in [3.05, 3.63) is 23.8 Å². The fourth-order valence-electron chi connectivity index (χ4n) is 1.53. The van der Waals surface area contributed by atoms with Crippen molar-refractivity contribution in [1.29, 1.82) is 0 Å². The summed E-state index contributed by atoms with van der Waals surface area (Å²) in [5.41, 5.74) is 7.34. The molecule has 100 valence electrons. The highest BCUT2D eigenvalue weighted by Gasteiger charge is 2.09. The minimum atomic E-state index is -0.194. The fourth-order valence-corrected chi connectivity index (χ4v) is 1.53. The smallest absolute Gasteiger partial charge is 0.258 e. The number of amides is 1. The van der Waals surface area contributed by atoms with Crippen LogP contribution in [0.4, 0.5) is 5.69 Å². The van der Waals surface area contributed by atoms with Gasteiger partial charge in [-0.1, -0.05) is 12.1 Å². The molecule has 5 heteroatoms. The van der Waals surface area contributed by atoms with Crippen LogP contribution in [0.25, 0.3) is 0 Å². The number of rotatable bonds is 6. The third-order valence-corrected chi connectivity index (χ3v) is 2.47. The quantitative estimate of drug-likeness (QED) is 0.744. The van der Waals surface area contributed by atoms with Crippen LogP contribution in [-0.2, 0) is 9.53 Å². The molecule has 0 spiro atoms. The second kappa shape index (κ2) is 6.86. The van der Waals surface area contributed by atoms with Crippen LogP contribution in [0.3, 0.4) is 0 Å². The first-order chi connectivity index (χ1) is 8.54. The average molecular weight is 252 g/mol. The standard InChI is InChI=1S/C13H20N2O3/c1-9-5-4-6-11(13(9)14)18-8-12(16)15-10(2)7-17-3/h4-6,10H,7-8,14H2,1-3H3,(H,15,16). The van der Waals surface area contributed by atoms with E-state index in [1.165, 1.54) is 0 Å². The Morgan fingerprint density at radius 2 is 2.22 bits per heavy atom. The SMILES string of the molecule is COCC(C)NC(=O)COc1cccc(C)c1N. The van der Waals surface area contributed by atoms with Crippen molar-refractivity contribution >= 4 is 11.6 Å². The Labute approximate surface area is 107 Å². The molecule has 3 N–H and O–H groups in total. The molecule has 1 unspecified atom stereocenters. The van der Waals surface area contributed by atoms with Gasteiger partial charge in [0.1, 0.15) is 5.75 Å². The second-order valence-corrected chi connectivity index (χ2v) is 4.20. The zero-order valence-electron chi connectivity index (χ0n) is 11.0. The first kappa shape index (κ1) is 14.3. The van der Waals surface area contributed by atoms with Crippen LogP contribution in [0.15, 0.2) is 18.2 Å². The Balaban J connectivity index is 2.45. The van der Waals surface area contributed by atoms with E-state index < -0.39 is 0 Å². The van der Waals surface area contributed by atoms with Crippen molar-refractivity contribution in [3.63, 3.8) is 0 Å². The van der Waals surface area contributed by atoms with E-state index in [2.05, 4.69) is 5.32 Å². The normalized spacial score (nSPS) is 11.9. The van der Waals surface area contributed by atoms with Crippen molar-refractivity contribution in [2.45, 2.75) is 19.9 Å². The minimum absolute atomic E-state index is 0.0408. The number of aryl methyl sites for hydroxylation is 1. The van der Waals surface area contributed by atoms with Gasteiger partial charge in [-0.15, -0.1) is 0 Å². The van der Waals surface area contributed by atoms with Gasteiger partial charge in [-0.25, -0.2) is 0 Å². The maximum Gasteiger partial charge on any atom is 0.258 e. The van der Waals surface area contributed by atoms with E-state index in [1.807, 2.05) is 26.0 Å². The highest BCUT2D eigenvalue weighted by atomic mass is 16.5. The number of para-hydroxylation sites is 1. The summed E-state index contributed by atoms with van der Waals surface area (Å²) in [6.45, 7) is 4.17. The number of nitrogen functional groups attached to an aromatic ring is 1. The Morgan fingerprint density at radius 3 is 2.89 bits per heavy atom. The molecule has 0 aromatic heterocycles. The largest absolute Gasteiger partial charge is 0.482 e. The molecule has 1 amide bonds. The lowest BCUT2D eigenvalue weighted by Gasteiger charge is -2.14. The monoisotopic (exact) mass is 252 g/mol. The Bertz CT molecular complexity index is 407. The molecule has 0 heterocycles. The zero-order valence-corrected chi connectivity index (χ0v) is 11.0. The molecule has 0 saturated carbocycles. The van der Waals surface area contributed by atoms with E-state index in [4.69, 9.17) is 15.2 Å². The van der Waals surface area contributed by atoms with Gasteiger partial charge in [0.15, 0.2) is 6.61 Å². The third kappa shape index (κ3) is 4.25. The van der Waals surface area contributed by atoms with Crippen LogP contribution < -0.4 is 15.8 Å². The summed E-state index contributed by atoms with van der Waals surface area (Å²) in [6.07, 6.45) is 0. The van der Waals surface area contributed by atoms with Gasteiger partial charge in [0.05, 0.1) is 12.3 Å². The molecule has 0 saturated heterocycles. The summed E-state index contributed by atoms with van der Waals surface area (Å²) in [5.74, 6) is 0.338. The lowest BCUT2D eigenvalue weighted by molar-refractivity contribution is -0.124. The number of methoxy groups -OCH3 is 1. The number of hydrogen-bond donors (Lipinski definition) is 2. The molecule has 1 atom stereocenters. The highest BCUT2D eigenvalue weighted by Crippen LogP contribution is 2.23. The predicted octanol–water partition coefficient (Wildman–Crippen LogP) is 1.11. The molecular formula is C13H20N2O3. The number of benzene rings is 1. The molecule has 0 aliphatic rings. The first-order valence-corrected chi connectivity index (χ1v) is 5.80. The van der Waals surface area contributed by atoms with E-state index in [0.29, 0.717) is 18.0 Å². The number of ether oxygens (including phenoxy) is 2. The maximum absolute atomic E-state index is 11.6. The van der Waals surface area contributed by atoms with Gasteiger partial charge in [0.25, 0.3) is 5.91 Å². The van der Waals surface area contributed by atoms with Crippen molar-refractivity contribution in [3.8, 4) is 5.75 Å². The first-order valence-electron chi connectivity index (χ1n) is 5.80. The molecule has 1 aromatic carbocycles. The lowest BCUT2D eigenvalue weighted by atomic mass is 10.2. The topological polar surface area (TPSA) is 73.6 Å². The van der Waals surface area contributed by atoms with Gasteiger partial charge >= 0.3 is 0 Å². The van der Waals surface area contributed by atoms with Crippen LogP contribution in [0.2, 0.25) is 0 Å². The predicted molar refractivity (Wildman–Crippen MR) is 70.6 cm³/mol. The number of carbonyl (C=O) groups is 1. The average Bonchev–Trinajstić information content (AvgIpc) is 2.31. The van der Waals surface area contributed by atoms with Gasteiger partial charge in [-0.05, 0) is 25.5 Å². The molecule has 0 aliphatic carbocycles. The summed E-state index contributed by atoms with van der Waals surface area (Å²) in [7, 11) is 1.59. The fraction of sp³-hybridized carbons (Fsp3) is 0.462. The molecule has 5 nitrogen and oxygen atoms in total. The maximum atomic E-state index is 11.6. The van der Waals surface area contributed by atoms with Crippen LogP contribution in [0, 0.1) is 6.92 Å². The van der Waals surface area contributed by atoms with E-state index in [1.54, 1.807) is 13.2 Å². The molecule has 0 fully saturated rings. The Kier molecular flexibility index (Phi) is 5.45. The number of nitrogens with two attached hydrogens (primary N) is 1. The highest BCUT2D eigenvalue weighted by molar-refractivity contribution is 5.78. The van der Waals surface area contributed by atoms with Gasteiger partial charge < -0.3 is 20.5 Å². The Morgan fingerprint density at radius 1 is 1.50 bits per heavy atom. The zero-order chi connectivity index (χ0) is 13.5. The lowest BCUT2D eigenvalue weighted by Crippen LogP contribution is -2.38. The number of anilines is 1. The van der Waals surface area contributed by atoms with E-state index in [9.17, 15) is 4.79 Å². The van der Waals surface area contributed by atoms with Crippen LogP contribution in [0.5, 0.6) is 5.75 Å². The number of hydrogen-bond acceptors (Lipinski definition) is 4. The van der Waals surface area contributed by atoms with Crippen LogP contribution in [-0.4, -0.2) is 32.3 Å². The van der Waals surface area contributed by atoms with E-state index >= 15 is 0 Å². The summed E-state index contributed by atoms with van der Waals surface area (Å²) in [5, 5.41) is 2.76. The van der Waals surface area contributed by atoms with E-state index in [-0.39, 0.29) is 18.6 Å². The van der Waals surface area contributed by atoms with Crippen molar-refractivity contribution < 1.29 is 14.3 Å². The van der Waals surface area contributed by atoms with Gasteiger partial charge in [-0.2, -0.15) is 0 Å². The van der Waals surface area contributed by atoms with Gasteiger partial charge in [-0.3, -0.25) is 4.79 Å². The molecule has 0 radical (unpaired) electrons. The molecular weight excluding hydrogens is 232 g/mol. The number of nitrogens with one attached hydrogen (secondary N) is 1. The molecule has 18 heavy (non-hydrogen) atoms. The second-order valence-electron chi connectivity index (χ2n) is 4.20. The number of carbonyl (C=O) groups excluding carboxylic acids is 1. The molecule has 1 aromatic rings. The summed E-state index contributed by atoms with van der Waals surface area (Å²) in [6, 6.07) is 5.44. The van der Waals surface area contributed by atoms with Crippen LogP contribution >= 0.6 is 0 Å². The van der Waals surface area contributed by atoms with Crippen molar-refractivity contribution in [1.82, 2.24) is 5.32 Å². The van der Waals surface area contributed by atoms with Crippen LogP contribution in [0.1, 0.15) is 12.5 Å². The van der Waals surface area contributed by atoms with Crippen molar-refractivity contribution in [2.24, 2.45) is 0 Å². The summed E-state index contributed by atoms with van der Waals surface area (Å²) < 4.78 is 10.3. The van der Waals surface area contributed by atoms with E-state index in [0.717, 1.165) is 5.56 Å². The van der Waals surface area contributed by atoms with Gasteiger partial charge in [0.2, 0.25) is 0 Å². The molecule has 1 rings (SSSR count). The molecule has 0 aliphatic heterocycles. The minimum Gasteiger partial charge on any atom is -0.482 e. The third-order valence-electron chi connectivity index (χ3n) is 2.47.